The summed E-state index contributed by atoms with van der Waals surface area (Å²) in [4.78, 5) is 0.354. The number of hydrogen-bond donors (Lipinski definition) is 1. The minimum Gasteiger partial charge on any atom is -0.497 e. The number of ether oxygens (including phenoxy) is 1. The van der Waals surface area contributed by atoms with Crippen molar-refractivity contribution in [2.24, 2.45) is 0 Å². The number of anilines is 1. The van der Waals surface area contributed by atoms with E-state index in [4.69, 9.17) is 4.74 Å². The molecule has 2 aromatic carbocycles. The molecule has 106 valence electrons. The zero-order valence-electron chi connectivity index (χ0n) is 11.2. The highest BCUT2D eigenvalue weighted by molar-refractivity contribution is 7.91. The Morgan fingerprint density at radius 1 is 1.05 bits per heavy atom. The minimum absolute atomic E-state index is 0.0498. The van der Waals surface area contributed by atoms with Crippen molar-refractivity contribution >= 4 is 15.5 Å². The van der Waals surface area contributed by atoms with Gasteiger partial charge in [-0.1, -0.05) is 24.3 Å². The van der Waals surface area contributed by atoms with Crippen molar-refractivity contribution in [1.82, 2.24) is 0 Å². The lowest BCUT2D eigenvalue weighted by atomic mass is 10.3. The van der Waals surface area contributed by atoms with Gasteiger partial charge in [-0.15, -0.1) is 0 Å². The van der Waals surface area contributed by atoms with Crippen LogP contribution in [0.25, 0.3) is 0 Å². The molecule has 0 unspecified atom stereocenters. The summed E-state index contributed by atoms with van der Waals surface area (Å²) >= 11 is 0. The van der Waals surface area contributed by atoms with Crippen molar-refractivity contribution < 1.29 is 13.2 Å². The van der Waals surface area contributed by atoms with Crippen LogP contribution in [0.1, 0.15) is 0 Å². The molecule has 5 heteroatoms. The van der Waals surface area contributed by atoms with Crippen molar-refractivity contribution in [3.63, 3.8) is 0 Å². The Labute approximate surface area is 119 Å². The number of nitrogens with one attached hydrogen (secondary N) is 1. The van der Waals surface area contributed by atoms with Crippen LogP contribution in [0, 0.1) is 0 Å². The van der Waals surface area contributed by atoms with Gasteiger partial charge in [0, 0.05) is 18.3 Å². The van der Waals surface area contributed by atoms with Gasteiger partial charge in [0.2, 0.25) is 0 Å². The molecule has 20 heavy (non-hydrogen) atoms. The molecule has 0 aliphatic heterocycles. The first-order valence-electron chi connectivity index (χ1n) is 6.27. The Kier molecular flexibility index (Phi) is 4.63. The van der Waals surface area contributed by atoms with Crippen molar-refractivity contribution in [3.05, 3.63) is 54.6 Å². The number of methoxy groups -OCH3 is 1. The third-order valence-corrected chi connectivity index (χ3v) is 4.60. The molecule has 0 radical (unpaired) electrons. The van der Waals surface area contributed by atoms with Gasteiger partial charge < -0.3 is 10.1 Å². The summed E-state index contributed by atoms with van der Waals surface area (Å²) in [7, 11) is -1.64. The Bertz CT molecular complexity index is 654. The quantitative estimate of drug-likeness (QED) is 0.889. The molecule has 2 rings (SSSR count). The van der Waals surface area contributed by atoms with Gasteiger partial charge in [0.05, 0.1) is 17.8 Å². The Morgan fingerprint density at radius 3 is 2.50 bits per heavy atom. The largest absolute Gasteiger partial charge is 0.497 e. The van der Waals surface area contributed by atoms with E-state index in [-0.39, 0.29) is 5.75 Å². The molecule has 4 nitrogen and oxygen atoms in total. The van der Waals surface area contributed by atoms with Crippen LogP contribution in [0.15, 0.2) is 59.5 Å². The fraction of sp³-hybridized carbons (Fsp3) is 0.200. The first-order valence-corrected chi connectivity index (χ1v) is 7.93. The zero-order chi connectivity index (χ0) is 14.4. The second-order valence-corrected chi connectivity index (χ2v) is 6.40. The van der Waals surface area contributed by atoms with E-state index in [1.165, 1.54) is 0 Å². The van der Waals surface area contributed by atoms with Gasteiger partial charge in [-0.05, 0) is 24.3 Å². The molecule has 0 bridgehead atoms. The van der Waals surface area contributed by atoms with E-state index in [0.717, 1.165) is 11.4 Å². The van der Waals surface area contributed by atoms with Crippen molar-refractivity contribution in [1.29, 1.82) is 0 Å². The van der Waals surface area contributed by atoms with E-state index >= 15 is 0 Å². The second-order valence-electron chi connectivity index (χ2n) is 4.29. The lowest BCUT2D eigenvalue weighted by molar-refractivity contribution is 0.415. The Morgan fingerprint density at radius 2 is 1.80 bits per heavy atom. The lowest BCUT2D eigenvalue weighted by Crippen LogP contribution is -2.15. The maximum atomic E-state index is 12.1. The normalized spacial score (nSPS) is 11.1. The summed E-state index contributed by atoms with van der Waals surface area (Å²) in [6.07, 6.45) is 0. The highest BCUT2D eigenvalue weighted by Crippen LogP contribution is 2.17. The standard InChI is InChI=1S/C15H17NO3S/c1-19-14-7-5-6-13(12-14)16-10-11-20(17,18)15-8-3-2-4-9-15/h2-9,12,16H,10-11H2,1H3. The van der Waals surface area contributed by atoms with Gasteiger partial charge in [-0.2, -0.15) is 0 Å². The SMILES string of the molecule is COc1cccc(NCCS(=O)(=O)c2ccccc2)c1. The summed E-state index contributed by atoms with van der Waals surface area (Å²) in [5.74, 6) is 0.787. The van der Waals surface area contributed by atoms with Gasteiger partial charge in [-0.3, -0.25) is 0 Å². The van der Waals surface area contributed by atoms with Crippen LogP contribution < -0.4 is 10.1 Å². The van der Waals surface area contributed by atoms with Gasteiger partial charge in [-0.25, -0.2) is 8.42 Å². The van der Waals surface area contributed by atoms with Crippen molar-refractivity contribution in [3.8, 4) is 5.75 Å². The Hall–Kier alpha value is -2.01. The first kappa shape index (κ1) is 14.4. The summed E-state index contributed by atoms with van der Waals surface area (Å²) in [5, 5.41) is 3.09. The van der Waals surface area contributed by atoms with Crippen LogP contribution in [-0.4, -0.2) is 27.8 Å². The van der Waals surface area contributed by atoms with E-state index < -0.39 is 9.84 Å². The number of benzene rings is 2. The van der Waals surface area contributed by atoms with Crippen LogP contribution in [-0.2, 0) is 9.84 Å². The summed E-state index contributed by atoms with van der Waals surface area (Å²) < 4.78 is 29.3. The molecule has 0 aromatic heterocycles. The van der Waals surface area contributed by atoms with Gasteiger partial charge >= 0.3 is 0 Å². The molecule has 0 heterocycles. The van der Waals surface area contributed by atoms with E-state index in [1.807, 2.05) is 24.3 Å². The molecular weight excluding hydrogens is 274 g/mol. The molecule has 0 fully saturated rings. The summed E-state index contributed by atoms with van der Waals surface area (Å²) in [5.41, 5.74) is 0.840. The zero-order valence-corrected chi connectivity index (χ0v) is 12.1. The van der Waals surface area contributed by atoms with Crippen LogP contribution in [0.5, 0.6) is 5.75 Å². The van der Waals surface area contributed by atoms with Crippen LogP contribution in [0.2, 0.25) is 0 Å². The highest BCUT2D eigenvalue weighted by atomic mass is 32.2. The van der Waals surface area contributed by atoms with E-state index in [9.17, 15) is 8.42 Å². The molecular formula is C15H17NO3S. The fourth-order valence-electron chi connectivity index (χ4n) is 1.81. The predicted octanol–water partition coefficient (Wildman–Crippen LogP) is 2.58. The average Bonchev–Trinajstić information content (AvgIpc) is 2.48. The monoisotopic (exact) mass is 291 g/mol. The number of hydrogen-bond acceptors (Lipinski definition) is 4. The second kappa shape index (κ2) is 6.43. The van der Waals surface area contributed by atoms with Gasteiger partial charge in [0.25, 0.3) is 0 Å². The van der Waals surface area contributed by atoms with E-state index in [0.29, 0.717) is 11.4 Å². The van der Waals surface area contributed by atoms with Crippen LogP contribution in [0.3, 0.4) is 0 Å². The van der Waals surface area contributed by atoms with E-state index in [2.05, 4.69) is 5.32 Å². The highest BCUT2D eigenvalue weighted by Gasteiger charge is 2.12. The first-order chi connectivity index (χ1) is 9.62. The summed E-state index contributed by atoms with van der Waals surface area (Å²) in [6, 6.07) is 15.9. The maximum Gasteiger partial charge on any atom is 0.180 e. The van der Waals surface area contributed by atoms with Crippen LogP contribution >= 0.6 is 0 Å². The average molecular weight is 291 g/mol. The fourth-order valence-corrected chi connectivity index (χ4v) is 2.99. The molecule has 0 aliphatic rings. The lowest BCUT2D eigenvalue weighted by Gasteiger charge is -2.08. The number of sulfone groups is 1. The maximum absolute atomic E-state index is 12.1. The molecule has 0 atom stereocenters. The predicted molar refractivity (Wildman–Crippen MR) is 80.0 cm³/mol. The van der Waals surface area contributed by atoms with Crippen molar-refractivity contribution in [2.45, 2.75) is 4.90 Å². The molecule has 0 spiro atoms. The molecule has 0 saturated heterocycles. The minimum atomic E-state index is -3.24. The Balaban J connectivity index is 1.95. The summed E-state index contributed by atoms with van der Waals surface area (Å²) in [6.45, 7) is 0.352. The van der Waals surface area contributed by atoms with Crippen molar-refractivity contribution in [2.75, 3.05) is 24.7 Å². The van der Waals surface area contributed by atoms with E-state index in [1.54, 1.807) is 37.4 Å². The molecule has 1 N–H and O–H groups in total. The van der Waals surface area contributed by atoms with Gasteiger partial charge in [0.15, 0.2) is 9.84 Å². The molecule has 0 aliphatic carbocycles. The van der Waals surface area contributed by atoms with Gasteiger partial charge in [0.1, 0.15) is 5.75 Å². The third kappa shape index (κ3) is 3.74. The van der Waals surface area contributed by atoms with Crippen LogP contribution in [0.4, 0.5) is 5.69 Å². The topological polar surface area (TPSA) is 55.4 Å². The smallest absolute Gasteiger partial charge is 0.180 e. The number of rotatable bonds is 6. The molecule has 2 aromatic rings. The molecule has 0 saturated carbocycles. The molecule has 0 amide bonds. The third-order valence-electron chi connectivity index (χ3n) is 2.87.